The molecule has 2 bridgehead atoms. The van der Waals surface area contributed by atoms with Gasteiger partial charge in [-0.3, -0.25) is 4.79 Å². The largest absolute Gasteiger partial charge is 0.459 e. The van der Waals surface area contributed by atoms with Crippen LogP contribution in [0.1, 0.15) is 113 Å². The molecule has 0 unspecified atom stereocenters. The first-order valence-corrected chi connectivity index (χ1v) is 27.0. The summed E-state index contributed by atoms with van der Waals surface area (Å²) in [5, 5.41) is 29.7. The van der Waals surface area contributed by atoms with Gasteiger partial charge in [-0.05, 0) is 125 Å². The number of esters is 1. The van der Waals surface area contributed by atoms with E-state index in [-0.39, 0.29) is 56.8 Å². The van der Waals surface area contributed by atoms with Gasteiger partial charge < -0.3 is 74.2 Å². The van der Waals surface area contributed by atoms with Crippen molar-refractivity contribution >= 4 is 28.8 Å². The van der Waals surface area contributed by atoms with E-state index < -0.39 is 89.9 Å². The van der Waals surface area contributed by atoms with Crippen LogP contribution >= 0.6 is 11.3 Å². The van der Waals surface area contributed by atoms with Crippen molar-refractivity contribution < 1.29 is 57.7 Å². The Bertz CT molecular complexity index is 2080. The number of anilines is 1. The Morgan fingerprint density at radius 2 is 1.75 bits per heavy atom. The van der Waals surface area contributed by atoms with Gasteiger partial charge in [-0.2, -0.15) is 0 Å². The number of nitrogen functional groups attached to an aromatic ring is 1. The fourth-order valence-electron chi connectivity index (χ4n) is 11.5. The van der Waals surface area contributed by atoms with Crippen LogP contribution in [0.2, 0.25) is 0 Å². The van der Waals surface area contributed by atoms with Crippen LogP contribution in [0.5, 0.6) is 0 Å². The van der Waals surface area contributed by atoms with Gasteiger partial charge in [0.1, 0.15) is 29.3 Å². The number of fused-ring (bicyclic) bond motifs is 15. The molecule has 0 saturated carbocycles. The lowest BCUT2D eigenvalue weighted by atomic mass is 9.78. The SMILES string of the molecule is CCCN1C[C@H](C)[C@@H]2OC/C(=N\OCc3ccc(-c4cccc(N)n4)s3)CO[C@](C)(C[C@H]1C)[C@H](O[C@@H]1O[C@H](C)C[C@H](N(C)C)[C@H]1O)[C@@H](C)[C@H](O[C@H]1C[C@@](C)(OC)[C@H](N)[C@H](C)O1)[C@@H](C)C(=O)O[C@H](CC)[C@@]2(C)O. The van der Waals surface area contributed by atoms with Crippen molar-refractivity contribution in [1.29, 1.82) is 0 Å². The minimum atomic E-state index is -1.68. The minimum Gasteiger partial charge on any atom is -0.459 e. The Morgan fingerprint density at radius 3 is 2.42 bits per heavy atom. The number of oxime groups is 1. The fourth-order valence-corrected chi connectivity index (χ4v) is 12.4. The molecule has 0 aliphatic carbocycles. The van der Waals surface area contributed by atoms with E-state index in [1.54, 1.807) is 27.0 Å². The van der Waals surface area contributed by atoms with Crippen LogP contribution in [0.15, 0.2) is 35.5 Å². The fraction of sp³-hybridized carbons (Fsp3) is 0.792. The number of rotatable bonds is 13. The number of pyridine rings is 1. The molecule has 0 spiro atoms. The maximum Gasteiger partial charge on any atom is 0.311 e. The summed E-state index contributed by atoms with van der Waals surface area (Å²) in [6.07, 6.45) is -5.02. The van der Waals surface area contributed by atoms with Crippen molar-refractivity contribution in [1.82, 2.24) is 14.8 Å². The normalized spacial score (nSPS) is 40.7. The maximum absolute atomic E-state index is 14.9. The number of nitrogens with two attached hydrogens (primary N) is 2. The second-order valence-corrected chi connectivity index (χ2v) is 23.1. The van der Waals surface area contributed by atoms with Gasteiger partial charge in [0.15, 0.2) is 19.2 Å². The summed E-state index contributed by atoms with van der Waals surface area (Å²) in [4.78, 5) is 31.8. The molecule has 2 aromatic heterocycles. The summed E-state index contributed by atoms with van der Waals surface area (Å²) in [5.41, 5.74) is 10.1. The van der Waals surface area contributed by atoms with Crippen LogP contribution in [0.4, 0.5) is 5.82 Å². The Balaban J connectivity index is 1.50. The average Bonchev–Trinajstić information content (AvgIpc) is 3.80. The monoisotopic (exact) mass is 1030 g/mol. The predicted molar refractivity (Wildman–Crippen MR) is 277 cm³/mol. The molecule has 6 N–H and O–H groups in total. The standard InChI is InChI=1S/C53H88N6O12S/c1-15-22-59-26-30(3)47-53(11,62)41(16-2)69-49(61)34(7)45(70-43-25-51(9,63-14)46(55)35(8)68-43)33(6)48(71-50-44(60)39(58(12)13)23-32(5)67-50)52(10,24-31(59)4)65-28-36(27-64-47)57-66-29-37-20-21-40(72-37)38-18-17-19-42(54)56-38/h17-21,30-35,39,41,43-48,50,60,62H,15-16,22-29,55H2,1-14H3,(H2,54,56)/b57-36+/t30-,31+,32+,33-,34+,35-,39-,41+,43-,44+,45-,46+,47-,48+,50-,51+,52+,53+/m0/s1. The van der Waals surface area contributed by atoms with Gasteiger partial charge in [0.25, 0.3) is 0 Å². The molecule has 7 heterocycles. The number of methoxy groups -OCH3 is 1. The Hall–Kier alpha value is -2.89. The van der Waals surface area contributed by atoms with Crippen molar-refractivity contribution in [3.63, 3.8) is 0 Å². The number of hydrogen-bond acceptors (Lipinski definition) is 19. The molecule has 18 nitrogen and oxygen atoms in total. The van der Waals surface area contributed by atoms with Crippen LogP contribution < -0.4 is 11.5 Å². The number of ether oxygens (including phenoxy) is 8. The third-order valence-electron chi connectivity index (χ3n) is 15.8. The lowest BCUT2D eigenvalue weighted by Crippen LogP contribution is -2.62. The van der Waals surface area contributed by atoms with Gasteiger partial charge in [-0.1, -0.05) is 38.9 Å². The first-order chi connectivity index (χ1) is 33.9. The Morgan fingerprint density at radius 1 is 1.01 bits per heavy atom. The molecule has 5 aliphatic rings. The molecule has 0 radical (unpaired) electrons. The van der Waals surface area contributed by atoms with E-state index in [1.807, 2.05) is 84.8 Å². The number of aliphatic hydroxyl groups excluding tert-OH is 1. The van der Waals surface area contributed by atoms with E-state index in [1.165, 1.54) is 11.3 Å². The van der Waals surface area contributed by atoms with E-state index in [0.29, 0.717) is 30.9 Å². The highest BCUT2D eigenvalue weighted by molar-refractivity contribution is 7.15. The highest BCUT2D eigenvalue weighted by Gasteiger charge is 2.54. The minimum absolute atomic E-state index is 0.0679. The van der Waals surface area contributed by atoms with Gasteiger partial charge in [0, 0.05) is 43.0 Å². The highest BCUT2D eigenvalue weighted by atomic mass is 32.1. The van der Waals surface area contributed by atoms with Crippen LogP contribution in [0.25, 0.3) is 10.6 Å². The van der Waals surface area contributed by atoms with E-state index in [2.05, 4.69) is 30.7 Å². The zero-order valence-electron chi connectivity index (χ0n) is 45.4. The molecule has 72 heavy (non-hydrogen) atoms. The number of nitrogens with zero attached hydrogens (tertiary/aromatic N) is 4. The summed E-state index contributed by atoms with van der Waals surface area (Å²) >= 11 is 1.52. The van der Waals surface area contributed by atoms with Crippen LogP contribution in [-0.4, -0.2) is 174 Å². The molecule has 2 aromatic rings. The number of carbonyl (C=O) groups excluding carboxylic acids is 1. The molecule has 7 rings (SSSR count). The lowest BCUT2D eigenvalue weighted by molar-refractivity contribution is -0.313. The molecule has 0 aromatic carbocycles. The van der Waals surface area contributed by atoms with E-state index in [9.17, 15) is 15.0 Å². The third kappa shape index (κ3) is 13.6. The van der Waals surface area contributed by atoms with Crippen molar-refractivity contribution in [3.05, 3.63) is 35.2 Å². The third-order valence-corrected chi connectivity index (χ3v) is 16.8. The summed E-state index contributed by atoms with van der Waals surface area (Å²) < 4.78 is 54.1. The Kier molecular flexibility index (Phi) is 20.1. The number of aliphatic hydroxyl groups is 2. The van der Waals surface area contributed by atoms with Crippen molar-refractivity contribution in [2.45, 2.75) is 205 Å². The molecular weight excluding hydrogens is 945 g/mol. The number of thiophene rings is 1. The van der Waals surface area contributed by atoms with Gasteiger partial charge >= 0.3 is 5.97 Å². The molecule has 5 aliphatic heterocycles. The van der Waals surface area contributed by atoms with Crippen LogP contribution in [0, 0.1) is 17.8 Å². The zero-order valence-corrected chi connectivity index (χ0v) is 46.3. The van der Waals surface area contributed by atoms with Gasteiger partial charge in [-0.25, -0.2) is 4.98 Å². The van der Waals surface area contributed by atoms with Gasteiger partial charge in [-0.15, -0.1) is 11.3 Å². The van der Waals surface area contributed by atoms with E-state index >= 15 is 0 Å². The zero-order chi connectivity index (χ0) is 52.9. The van der Waals surface area contributed by atoms with Gasteiger partial charge in [0.05, 0.1) is 77.5 Å². The lowest BCUT2D eigenvalue weighted by Gasteiger charge is -2.50. The molecule has 19 heteroatoms. The smallest absolute Gasteiger partial charge is 0.311 e. The van der Waals surface area contributed by atoms with Crippen LogP contribution in [0.3, 0.4) is 0 Å². The molecule has 18 atom stereocenters. The summed E-state index contributed by atoms with van der Waals surface area (Å²) in [6, 6.07) is 8.62. The average molecular weight is 1030 g/mol. The van der Waals surface area contributed by atoms with Crippen molar-refractivity contribution in [3.8, 4) is 10.6 Å². The second-order valence-electron chi connectivity index (χ2n) is 22.0. The maximum atomic E-state index is 14.9. The molecular formula is C53H88N6O12S. The molecule has 5 fully saturated rings. The van der Waals surface area contributed by atoms with E-state index in [0.717, 1.165) is 28.4 Å². The predicted octanol–water partition coefficient (Wildman–Crippen LogP) is 5.99. The number of likely N-dealkylation sites (N-methyl/N-ethyl adjacent to an activating group) is 1. The van der Waals surface area contributed by atoms with Gasteiger partial charge in [0.2, 0.25) is 0 Å². The topological polar surface area (TPSA) is 224 Å². The quantitative estimate of drug-likeness (QED) is 0.134. The van der Waals surface area contributed by atoms with Crippen molar-refractivity contribution in [2.75, 3.05) is 53.2 Å². The summed E-state index contributed by atoms with van der Waals surface area (Å²) in [5.74, 6) is -2.05. The summed E-state index contributed by atoms with van der Waals surface area (Å²) in [6.45, 7) is 22.8. The summed E-state index contributed by atoms with van der Waals surface area (Å²) in [7, 11) is 5.49. The molecule has 408 valence electrons. The number of carbonyl (C=O) groups is 1. The Labute approximate surface area is 432 Å². The highest BCUT2D eigenvalue weighted by Crippen LogP contribution is 2.42. The number of hydrogen-bond donors (Lipinski definition) is 4. The van der Waals surface area contributed by atoms with Crippen molar-refractivity contribution in [2.24, 2.45) is 28.6 Å². The second kappa shape index (κ2) is 24.8. The van der Waals surface area contributed by atoms with Crippen LogP contribution in [-0.2, 0) is 54.1 Å². The molecule has 5 saturated heterocycles. The molecule has 0 amide bonds. The first-order valence-electron chi connectivity index (χ1n) is 26.1. The number of aromatic nitrogens is 1. The first kappa shape index (κ1) is 58.4. The van der Waals surface area contributed by atoms with E-state index in [4.69, 9.17) is 59.4 Å².